The molecule has 0 unspecified atom stereocenters. The summed E-state index contributed by atoms with van der Waals surface area (Å²) in [7, 11) is 3.17. The van der Waals surface area contributed by atoms with Gasteiger partial charge < -0.3 is 14.0 Å². The van der Waals surface area contributed by atoms with Crippen LogP contribution >= 0.6 is 0 Å². The number of aryl methyl sites for hydroxylation is 1. The molecule has 0 saturated carbocycles. The molecule has 1 aromatic carbocycles. The van der Waals surface area contributed by atoms with Crippen molar-refractivity contribution < 1.29 is 9.47 Å². The van der Waals surface area contributed by atoms with Crippen LogP contribution in [-0.2, 0) is 11.3 Å². The Hall–Kier alpha value is -2.58. The number of nitriles is 1. The van der Waals surface area contributed by atoms with E-state index in [9.17, 15) is 4.79 Å². The first-order valence-electron chi connectivity index (χ1n) is 6.90. The third-order valence-electron chi connectivity index (χ3n) is 3.44. The molecule has 2 rings (SSSR count). The Morgan fingerprint density at radius 2 is 2.00 bits per heavy atom. The summed E-state index contributed by atoms with van der Waals surface area (Å²) in [5, 5.41) is 9.06. The standard InChI is InChI=1S/C17H18N2O3/c1-12-4-7-16(22-3)14(10-12)15-6-5-13(11-18)17(20)19(15)8-9-21-2/h4-7,10H,8-9H2,1-3H3. The average molecular weight is 298 g/mol. The molecular weight excluding hydrogens is 280 g/mol. The Morgan fingerprint density at radius 3 is 2.64 bits per heavy atom. The van der Waals surface area contributed by atoms with Gasteiger partial charge in [0.25, 0.3) is 5.56 Å². The lowest BCUT2D eigenvalue weighted by molar-refractivity contribution is 0.186. The number of benzene rings is 1. The summed E-state index contributed by atoms with van der Waals surface area (Å²) in [4.78, 5) is 12.4. The minimum absolute atomic E-state index is 0.117. The van der Waals surface area contributed by atoms with E-state index >= 15 is 0 Å². The molecule has 0 radical (unpaired) electrons. The number of hydrogen-bond donors (Lipinski definition) is 0. The number of hydrogen-bond acceptors (Lipinski definition) is 4. The van der Waals surface area contributed by atoms with E-state index in [4.69, 9.17) is 14.7 Å². The summed E-state index contributed by atoms with van der Waals surface area (Å²) in [6.45, 7) is 2.73. The van der Waals surface area contributed by atoms with Gasteiger partial charge in [-0.1, -0.05) is 11.6 Å². The minimum atomic E-state index is -0.319. The van der Waals surface area contributed by atoms with Gasteiger partial charge >= 0.3 is 0 Å². The van der Waals surface area contributed by atoms with Gasteiger partial charge in [0.15, 0.2) is 0 Å². The molecule has 0 N–H and O–H groups in total. The van der Waals surface area contributed by atoms with Crippen LogP contribution in [0.3, 0.4) is 0 Å². The third kappa shape index (κ3) is 3.02. The Morgan fingerprint density at radius 1 is 1.23 bits per heavy atom. The zero-order chi connectivity index (χ0) is 16.1. The average Bonchev–Trinajstić information content (AvgIpc) is 2.53. The highest BCUT2D eigenvalue weighted by atomic mass is 16.5. The molecular formula is C17H18N2O3. The molecule has 2 aromatic rings. The van der Waals surface area contributed by atoms with Gasteiger partial charge in [0.2, 0.25) is 0 Å². The Bertz CT molecular complexity index is 772. The van der Waals surface area contributed by atoms with Crippen LogP contribution in [0.25, 0.3) is 11.3 Å². The molecule has 114 valence electrons. The zero-order valence-electron chi connectivity index (χ0n) is 12.9. The molecule has 5 heteroatoms. The topological polar surface area (TPSA) is 64.2 Å². The summed E-state index contributed by atoms with van der Waals surface area (Å²) in [5.74, 6) is 0.681. The normalized spacial score (nSPS) is 10.3. The van der Waals surface area contributed by atoms with Crippen molar-refractivity contribution >= 4 is 0 Å². The molecule has 1 aromatic heterocycles. The van der Waals surface area contributed by atoms with Crippen molar-refractivity contribution in [3.63, 3.8) is 0 Å². The number of nitrogens with zero attached hydrogens (tertiary/aromatic N) is 2. The molecule has 1 heterocycles. The van der Waals surface area contributed by atoms with Gasteiger partial charge in [-0.25, -0.2) is 0 Å². The monoisotopic (exact) mass is 298 g/mol. The summed E-state index contributed by atoms with van der Waals surface area (Å²) in [5.41, 5.74) is 2.39. The van der Waals surface area contributed by atoms with Crippen LogP contribution in [0.4, 0.5) is 0 Å². The number of methoxy groups -OCH3 is 2. The molecule has 22 heavy (non-hydrogen) atoms. The molecule has 0 aliphatic carbocycles. The molecule has 0 spiro atoms. The van der Waals surface area contributed by atoms with Crippen LogP contribution in [0.2, 0.25) is 0 Å². The van der Waals surface area contributed by atoms with E-state index in [2.05, 4.69) is 0 Å². The molecule has 0 aliphatic rings. The predicted molar refractivity (Wildman–Crippen MR) is 84.0 cm³/mol. The van der Waals surface area contributed by atoms with Crippen molar-refractivity contribution in [2.45, 2.75) is 13.5 Å². The molecule has 0 amide bonds. The van der Waals surface area contributed by atoms with Crippen LogP contribution in [0.5, 0.6) is 5.75 Å². The van der Waals surface area contributed by atoms with E-state index in [1.165, 1.54) is 0 Å². The van der Waals surface area contributed by atoms with E-state index in [-0.39, 0.29) is 11.1 Å². The molecule has 0 bridgehead atoms. The molecule has 5 nitrogen and oxygen atoms in total. The lowest BCUT2D eigenvalue weighted by atomic mass is 10.1. The second-order valence-corrected chi connectivity index (χ2v) is 4.90. The second-order valence-electron chi connectivity index (χ2n) is 4.90. The highest BCUT2D eigenvalue weighted by Crippen LogP contribution is 2.30. The zero-order valence-corrected chi connectivity index (χ0v) is 12.9. The largest absolute Gasteiger partial charge is 0.496 e. The van der Waals surface area contributed by atoms with E-state index in [1.807, 2.05) is 31.2 Å². The van der Waals surface area contributed by atoms with Crippen LogP contribution in [0.15, 0.2) is 35.1 Å². The number of ether oxygens (including phenoxy) is 2. The van der Waals surface area contributed by atoms with Crippen molar-refractivity contribution in [1.29, 1.82) is 5.26 Å². The van der Waals surface area contributed by atoms with E-state index in [0.717, 1.165) is 11.1 Å². The summed E-state index contributed by atoms with van der Waals surface area (Å²) < 4.78 is 12.0. The Labute approximate surface area is 129 Å². The SMILES string of the molecule is COCCn1c(-c2cc(C)ccc2OC)ccc(C#N)c1=O. The van der Waals surface area contributed by atoms with Gasteiger partial charge in [-0.2, -0.15) is 5.26 Å². The molecule has 0 saturated heterocycles. The fraction of sp³-hybridized carbons (Fsp3) is 0.294. The quantitative estimate of drug-likeness (QED) is 0.850. The van der Waals surface area contributed by atoms with Gasteiger partial charge in [0.05, 0.1) is 19.4 Å². The van der Waals surface area contributed by atoms with Crippen molar-refractivity contribution in [3.05, 3.63) is 51.8 Å². The van der Waals surface area contributed by atoms with E-state index in [1.54, 1.807) is 30.9 Å². The maximum absolute atomic E-state index is 12.4. The Balaban J connectivity index is 2.70. The van der Waals surface area contributed by atoms with Gasteiger partial charge in [0.1, 0.15) is 17.4 Å². The van der Waals surface area contributed by atoms with Gasteiger partial charge in [0, 0.05) is 19.2 Å². The summed E-state index contributed by atoms with van der Waals surface area (Å²) in [6.07, 6.45) is 0. The maximum Gasteiger partial charge on any atom is 0.269 e. The smallest absolute Gasteiger partial charge is 0.269 e. The minimum Gasteiger partial charge on any atom is -0.496 e. The van der Waals surface area contributed by atoms with Gasteiger partial charge in [-0.05, 0) is 31.2 Å². The van der Waals surface area contributed by atoms with Crippen LogP contribution in [0.1, 0.15) is 11.1 Å². The highest BCUT2D eigenvalue weighted by molar-refractivity contribution is 5.69. The first-order chi connectivity index (χ1) is 10.6. The van der Waals surface area contributed by atoms with Crippen molar-refractivity contribution in [2.24, 2.45) is 0 Å². The van der Waals surface area contributed by atoms with Crippen molar-refractivity contribution in [3.8, 4) is 23.1 Å². The maximum atomic E-state index is 12.4. The van der Waals surface area contributed by atoms with Gasteiger partial charge in [-0.15, -0.1) is 0 Å². The van der Waals surface area contributed by atoms with E-state index < -0.39 is 0 Å². The number of pyridine rings is 1. The van der Waals surface area contributed by atoms with E-state index in [0.29, 0.717) is 24.6 Å². The molecule has 0 aliphatic heterocycles. The summed E-state index contributed by atoms with van der Waals surface area (Å²) >= 11 is 0. The van der Waals surface area contributed by atoms with Crippen molar-refractivity contribution in [2.75, 3.05) is 20.8 Å². The first-order valence-corrected chi connectivity index (χ1v) is 6.90. The van der Waals surface area contributed by atoms with Crippen LogP contribution in [-0.4, -0.2) is 25.4 Å². The lowest BCUT2D eigenvalue weighted by Gasteiger charge is -2.16. The first kappa shape index (κ1) is 15.8. The van der Waals surface area contributed by atoms with Crippen LogP contribution in [0, 0.1) is 18.3 Å². The van der Waals surface area contributed by atoms with Crippen LogP contribution < -0.4 is 10.3 Å². The Kier molecular flexibility index (Phi) is 4.97. The fourth-order valence-corrected chi connectivity index (χ4v) is 2.33. The van der Waals surface area contributed by atoms with Gasteiger partial charge in [-0.3, -0.25) is 4.79 Å². The van der Waals surface area contributed by atoms with Crippen molar-refractivity contribution in [1.82, 2.24) is 4.57 Å². The fourth-order valence-electron chi connectivity index (χ4n) is 2.33. The summed E-state index contributed by atoms with van der Waals surface area (Å²) in [6, 6.07) is 11.0. The molecule has 0 atom stereocenters. The number of aromatic nitrogens is 1. The number of rotatable bonds is 5. The predicted octanol–water partition coefficient (Wildman–Crippen LogP) is 2.35. The molecule has 0 fully saturated rings. The second kappa shape index (κ2) is 6.92. The third-order valence-corrected chi connectivity index (χ3v) is 3.44. The highest BCUT2D eigenvalue weighted by Gasteiger charge is 2.14. The lowest BCUT2D eigenvalue weighted by Crippen LogP contribution is -2.25.